The van der Waals surface area contributed by atoms with E-state index in [0.29, 0.717) is 18.1 Å². The van der Waals surface area contributed by atoms with Gasteiger partial charge in [-0.25, -0.2) is 9.97 Å². The summed E-state index contributed by atoms with van der Waals surface area (Å²) in [5, 5.41) is 0. The molecule has 1 aromatic heterocycles. The Labute approximate surface area is 108 Å². The minimum absolute atomic E-state index is 0.109. The fourth-order valence-corrected chi connectivity index (χ4v) is 2.39. The first kappa shape index (κ1) is 13.2. The van der Waals surface area contributed by atoms with Gasteiger partial charge in [-0.05, 0) is 20.8 Å². The molecule has 5 heteroatoms. The van der Waals surface area contributed by atoms with E-state index in [9.17, 15) is 0 Å². The molecule has 100 valence electrons. The van der Waals surface area contributed by atoms with Crippen molar-refractivity contribution in [3.8, 4) is 5.88 Å². The van der Waals surface area contributed by atoms with Crippen molar-refractivity contribution in [2.45, 2.75) is 39.1 Å². The third-order valence-corrected chi connectivity index (χ3v) is 2.89. The lowest BCUT2D eigenvalue weighted by atomic mass is 10.2. The van der Waals surface area contributed by atoms with E-state index in [-0.39, 0.29) is 6.10 Å². The van der Waals surface area contributed by atoms with Gasteiger partial charge in [-0.3, -0.25) is 4.90 Å². The summed E-state index contributed by atoms with van der Waals surface area (Å²) in [6.45, 7) is 9.09. The average molecular weight is 251 g/mol. The quantitative estimate of drug-likeness (QED) is 0.808. The Morgan fingerprint density at radius 2 is 2.17 bits per heavy atom. The van der Waals surface area contributed by atoms with E-state index in [4.69, 9.17) is 9.47 Å². The van der Waals surface area contributed by atoms with Gasteiger partial charge in [0.05, 0.1) is 12.2 Å². The second-order valence-corrected chi connectivity index (χ2v) is 4.95. The Balaban J connectivity index is 1.82. The van der Waals surface area contributed by atoms with Crippen LogP contribution in [0.1, 0.15) is 20.8 Å². The molecule has 1 fully saturated rings. The van der Waals surface area contributed by atoms with Crippen molar-refractivity contribution in [3.05, 3.63) is 18.6 Å². The van der Waals surface area contributed by atoms with Crippen molar-refractivity contribution in [1.82, 2.24) is 14.9 Å². The van der Waals surface area contributed by atoms with Crippen LogP contribution in [0.15, 0.2) is 18.6 Å². The fourth-order valence-electron chi connectivity index (χ4n) is 2.39. The zero-order valence-corrected chi connectivity index (χ0v) is 11.2. The topological polar surface area (TPSA) is 47.5 Å². The molecule has 5 nitrogen and oxygen atoms in total. The highest BCUT2D eigenvalue weighted by Crippen LogP contribution is 2.12. The molecular weight excluding hydrogens is 230 g/mol. The van der Waals surface area contributed by atoms with Crippen LogP contribution >= 0.6 is 0 Å². The van der Waals surface area contributed by atoms with Crippen molar-refractivity contribution >= 4 is 0 Å². The van der Waals surface area contributed by atoms with Crippen molar-refractivity contribution in [1.29, 1.82) is 0 Å². The molecule has 0 radical (unpaired) electrons. The average Bonchev–Trinajstić information content (AvgIpc) is 2.28. The van der Waals surface area contributed by atoms with Gasteiger partial charge >= 0.3 is 0 Å². The summed E-state index contributed by atoms with van der Waals surface area (Å²) in [5.74, 6) is 0.631. The minimum Gasteiger partial charge on any atom is -0.473 e. The molecule has 0 spiro atoms. The second-order valence-electron chi connectivity index (χ2n) is 4.95. The van der Waals surface area contributed by atoms with Crippen LogP contribution in [-0.2, 0) is 4.74 Å². The molecule has 1 aliphatic heterocycles. The van der Waals surface area contributed by atoms with E-state index in [1.165, 1.54) is 6.33 Å². The number of rotatable bonds is 4. The Morgan fingerprint density at radius 1 is 1.44 bits per heavy atom. The maximum absolute atomic E-state index is 5.75. The third-order valence-electron chi connectivity index (χ3n) is 2.89. The molecule has 2 heterocycles. The standard InChI is InChI=1S/C13H21N3O2/c1-10-6-16(7-11(2)17-10)8-12(3)18-13-4-5-14-9-15-13/h4-5,9-12H,6-8H2,1-3H3. The Bertz CT molecular complexity index is 351. The predicted octanol–water partition coefficient (Wildman–Crippen LogP) is 1.35. The van der Waals surface area contributed by atoms with Crippen molar-refractivity contribution in [2.24, 2.45) is 0 Å². The number of aromatic nitrogens is 2. The van der Waals surface area contributed by atoms with Crippen molar-refractivity contribution in [2.75, 3.05) is 19.6 Å². The van der Waals surface area contributed by atoms with Crippen LogP contribution in [0.2, 0.25) is 0 Å². The van der Waals surface area contributed by atoms with E-state index in [0.717, 1.165) is 19.6 Å². The summed E-state index contributed by atoms with van der Waals surface area (Å²) in [6.07, 6.45) is 3.88. The van der Waals surface area contributed by atoms with Crippen LogP contribution in [0.5, 0.6) is 5.88 Å². The van der Waals surface area contributed by atoms with Crippen LogP contribution in [0.4, 0.5) is 0 Å². The Kier molecular flexibility index (Phi) is 4.49. The molecule has 1 aromatic rings. The number of hydrogen-bond acceptors (Lipinski definition) is 5. The first-order valence-electron chi connectivity index (χ1n) is 6.44. The number of hydrogen-bond donors (Lipinski definition) is 0. The lowest BCUT2D eigenvalue weighted by Crippen LogP contribution is -2.48. The molecule has 0 bridgehead atoms. The normalized spacial score (nSPS) is 26.8. The monoisotopic (exact) mass is 251 g/mol. The lowest BCUT2D eigenvalue weighted by Gasteiger charge is -2.36. The van der Waals surface area contributed by atoms with Gasteiger partial charge in [0.1, 0.15) is 12.4 Å². The molecule has 0 saturated carbocycles. The number of morpholine rings is 1. The molecule has 18 heavy (non-hydrogen) atoms. The highest BCUT2D eigenvalue weighted by Gasteiger charge is 2.23. The molecule has 3 atom stereocenters. The van der Waals surface area contributed by atoms with E-state index in [2.05, 4.69) is 35.6 Å². The molecule has 1 saturated heterocycles. The van der Waals surface area contributed by atoms with Crippen LogP contribution in [0.3, 0.4) is 0 Å². The highest BCUT2D eigenvalue weighted by molar-refractivity contribution is 5.04. The summed E-state index contributed by atoms with van der Waals surface area (Å²) in [6, 6.07) is 1.78. The second kappa shape index (κ2) is 6.11. The zero-order valence-electron chi connectivity index (χ0n) is 11.2. The van der Waals surface area contributed by atoms with E-state index in [1.54, 1.807) is 12.3 Å². The van der Waals surface area contributed by atoms with Crippen molar-refractivity contribution in [3.63, 3.8) is 0 Å². The molecule has 0 N–H and O–H groups in total. The van der Waals surface area contributed by atoms with Gasteiger partial charge in [0, 0.05) is 31.9 Å². The summed E-state index contributed by atoms with van der Waals surface area (Å²) < 4.78 is 11.5. The molecule has 0 aromatic carbocycles. The summed E-state index contributed by atoms with van der Waals surface area (Å²) in [5.41, 5.74) is 0. The van der Waals surface area contributed by atoms with Crippen LogP contribution in [-0.4, -0.2) is 52.8 Å². The van der Waals surface area contributed by atoms with Crippen molar-refractivity contribution < 1.29 is 9.47 Å². The van der Waals surface area contributed by atoms with Crippen LogP contribution < -0.4 is 4.74 Å². The van der Waals surface area contributed by atoms with Gasteiger partial charge in [-0.15, -0.1) is 0 Å². The van der Waals surface area contributed by atoms with Gasteiger partial charge in [-0.1, -0.05) is 0 Å². The van der Waals surface area contributed by atoms with E-state index in [1.807, 2.05) is 0 Å². The smallest absolute Gasteiger partial charge is 0.216 e. The molecule has 1 aliphatic rings. The zero-order chi connectivity index (χ0) is 13.0. The molecule has 0 aliphatic carbocycles. The first-order chi connectivity index (χ1) is 8.63. The molecule has 0 amide bonds. The first-order valence-corrected chi connectivity index (χ1v) is 6.44. The maximum atomic E-state index is 5.75. The minimum atomic E-state index is 0.109. The van der Waals surface area contributed by atoms with Crippen LogP contribution in [0, 0.1) is 0 Å². The van der Waals surface area contributed by atoms with E-state index < -0.39 is 0 Å². The highest BCUT2D eigenvalue weighted by atomic mass is 16.5. The Hall–Kier alpha value is -1.20. The SMILES string of the molecule is CC(CN1CC(C)OC(C)C1)Oc1ccncn1. The predicted molar refractivity (Wildman–Crippen MR) is 68.6 cm³/mol. The van der Waals surface area contributed by atoms with Gasteiger partial charge in [-0.2, -0.15) is 0 Å². The van der Waals surface area contributed by atoms with Gasteiger partial charge in [0.25, 0.3) is 0 Å². The lowest BCUT2D eigenvalue weighted by molar-refractivity contribution is -0.0741. The Morgan fingerprint density at radius 3 is 2.78 bits per heavy atom. The van der Waals surface area contributed by atoms with E-state index >= 15 is 0 Å². The van der Waals surface area contributed by atoms with Gasteiger partial charge in [0.2, 0.25) is 5.88 Å². The maximum Gasteiger partial charge on any atom is 0.216 e. The summed E-state index contributed by atoms with van der Waals surface area (Å²) in [4.78, 5) is 10.3. The number of nitrogens with zero attached hydrogens (tertiary/aromatic N) is 3. The molecular formula is C13H21N3O2. The largest absolute Gasteiger partial charge is 0.473 e. The van der Waals surface area contributed by atoms with Gasteiger partial charge < -0.3 is 9.47 Å². The fraction of sp³-hybridized carbons (Fsp3) is 0.692. The molecule has 2 rings (SSSR count). The summed E-state index contributed by atoms with van der Waals surface area (Å²) >= 11 is 0. The van der Waals surface area contributed by atoms with Gasteiger partial charge in [0.15, 0.2) is 0 Å². The molecule has 3 unspecified atom stereocenters. The number of ether oxygens (including phenoxy) is 2. The van der Waals surface area contributed by atoms with Crippen LogP contribution in [0.25, 0.3) is 0 Å². The summed E-state index contributed by atoms with van der Waals surface area (Å²) in [7, 11) is 0. The third kappa shape index (κ3) is 3.92.